The maximum atomic E-state index is 13.8. The molecule has 0 bridgehead atoms. The monoisotopic (exact) mass is 445 g/mol. The summed E-state index contributed by atoms with van der Waals surface area (Å²) in [4.78, 5) is 16.0. The molecule has 1 saturated heterocycles. The van der Waals surface area contributed by atoms with Crippen molar-refractivity contribution in [1.82, 2.24) is 24.2 Å². The Kier molecular flexibility index (Phi) is 5.81. The molecule has 1 aliphatic rings. The van der Waals surface area contributed by atoms with E-state index in [4.69, 9.17) is 0 Å². The molecule has 4 aromatic rings. The Morgan fingerprint density at radius 3 is 2.79 bits per heavy atom. The van der Waals surface area contributed by atoms with E-state index in [0.717, 1.165) is 59.3 Å². The zero-order valence-electron chi connectivity index (χ0n) is 19.0. The first kappa shape index (κ1) is 21.5. The summed E-state index contributed by atoms with van der Waals surface area (Å²) in [5, 5.41) is 9.37. The minimum Gasteiger partial charge on any atom is -0.320 e. The minimum atomic E-state index is -0.292. The van der Waals surface area contributed by atoms with Crippen molar-refractivity contribution in [3.8, 4) is 0 Å². The van der Waals surface area contributed by atoms with Gasteiger partial charge >= 0.3 is 0 Å². The minimum absolute atomic E-state index is 0.0172. The molecule has 7 heteroatoms. The van der Waals surface area contributed by atoms with Gasteiger partial charge in [-0.25, -0.2) is 4.39 Å². The summed E-state index contributed by atoms with van der Waals surface area (Å²) in [5.41, 5.74) is 3.54. The van der Waals surface area contributed by atoms with E-state index in [2.05, 4.69) is 28.1 Å². The average Bonchev–Trinajstić information content (AvgIpc) is 3.23. The number of aromatic nitrogens is 4. The summed E-state index contributed by atoms with van der Waals surface area (Å²) in [6.07, 6.45) is 3.87. The molecule has 6 nitrogen and oxygen atoms in total. The molecule has 170 valence electrons. The highest BCUT2D eigenvalue weighted by Crippen LogP contribution is 2.26. The van der Waals surface area contributed by atoms with E-state index in [0.29, 0.717) is 19.0 Å². The van der Waals surface area contributed by atoms with Crippen molar-refractivity contribution in [3.05, 3.63) is 93.5 Å². The number of hydrogen-bond donors (Lipinski definition) is 0. The topological polar surface area (TPSA) is 56.0 Å². The van der Waals surface area contributed by atoms with Crippen LogP contribution in [-0.2, 0) is 20.1 Å². The number of fused-ring (bicyclic) bond motifs is 1. The molecule has 1 atom stereocenters. The third-order valence-corrected chi connectivity index (χ3v) is 6.56. The Balaban J connectivity index is 1.49. The highest BCUT2D eigenvalue weighted by atomic mass is 19.1. The lowest BCUT2D eigenvalue weighted by Gasteiger charge is -2.32. The second kappa shape index (κ2) is 8.90. The third kappa shape index (κ3) is 4.46. The van der Waals surface area contributed by atoms with Crippen LogP contribution in [0.15, 0.2) is 59.7 Å². The lowest BCUT2D eigenvalue weighted by molar-refractivity contribution is 0.194. The van der Waals surface area contributed by atoms with E-state index in [1.165, 1.54) is 12.1 Å². The van der Waals surface area contributed by atoms with Gasteiger partial charge in [-0.1, -0.05) is 23.8 Å². The van der Waals surface area contributed by atoms with E-state index < -0.39 is 0 Å². The van der Waals surface area contributed by atoms with Gasteiger partial charge in [0.15, 0.2) is 0 Å². The third-order valence-electron chi connectivity index (χ3n) is 6.56. The molecule has 2 aromatic heterocycles. The highest BCUT2D eigenvalue weighted by molar-refractivity contribution is 5.80. The van der Waals surface area contributed by atoms with Gasteiger partial charge in [-0.05, 0) is 67.6 Å². The first-order valence-electron chi connectivity index (χ1n) is 11.4. The molecule has 0 aliphatic carbocycles. The van der Waals surface area contributed by atoms with Crippen LogP contribution < -0.4 is 5.56 Å². The number of benzene rings is 2. The standard InChI is InChI=1S/C26H28FN5O/c1-18-8-9-24-21(11-18)13-22(26(33)32(24)14-19-5-3-7-23(27)12-19)16-31-10-4-6-20(15-31)25-29-28-17-30(25)2/h3,5,7-9,11-13,17,20H,4,6,10,14-16H2,1-2H3. The number of likely N-dealkylation sites (tertiary alicyclic amines) is 1. The quantitative estimate of drug-likeness (QED) is 0.466. The van der Waals surface area contributed by atoms with Crippen molar-refractivity contribution in [2.45, 2.75) is 38.8 Å². The van der Waals surface area contributed by atoms with Crippen LogP contribution in [0.3, 0.4) is 0 Å². The van der Waals surface area contributed by atoms with Gasteiger partial charge in [-0.3, -0.25) is 9.69 Å². The van der Waals surface area contributed by atoms with Gasteiger partial charge in [0.25, 0.3) is 5.56 Å². The first-order valence-corrected chi connectivity index (χ1v) is 11.4. The van der Waals surface area contributed by atoms with Crippen molar-refractivity contribution in [2.75, 3.05) is 13.1 Å². The molecule has 3 heterocycles. The van der Waals surface area contributed by atoms with Crippen molar-refractivity contribution < 1.29 is 4.39 Å². The van der Waals surface area contributed by atoms with Crippen molar-refractivity contribution >= 4 is 10.9 Å². The lowest BCUT2D eigenvalue weighted by Crippen LogP contribution is -2.37. The van der Waals surface area contributed by atoms with Gasteiger partial charge in [-0.2, -0.15) is 0 Å². The second-order valence-electron chi connectivity index (χ2n) is 9.13. The van der Waals surface area contributed by atoms with E-state index in [1.54, 1.807) is 17.0 Å². The van der Waals surface area contributed by atoms with Gasteiger partial charge in [0, 0.05) is 31.6 Å². The van der Waals surface area contributed by atoms with Crippen LogP contribution in [0.25, 0.3) is 10.9 Å². The number of hydrogen-bond acceptors (Lipinski definition) is 4. The Labute approximate surface area is 192 Å². The number of aryl methyl sites for hydroxylation is 2. The fourth-order valence-corrected chi connectivity index (χ4v) is 4.97. The highest BCUT2D eigenvalue weighted by Gasteiger charge is 2.25. The molecule has 1 fully saturated rings. The normalized spacial score (nSPS) is 17.0. The molecule has 2 aromatic carbocycles. The maximum Gasteiger partial charge on any atom is 0.255 e. The van der Waals surface area contributed by atoms with Crippen molar-refractivity contribution in [1.29, 1.82) is 0 Å². The lowest BCUT2D eigenvalue weighted by atomic mass is 9.96. The van der Waals surface area contributed by atoms with Crippen LogP contribution in [-0.4, -0.2) is 37.3 Å². The van der Waals surface area contributed by atoms with Crippen molar-refractivity contribution in [2.24, 2.45) is 7.05 Å². The number of pyridine rings is 1. The van der Waals surface area contributed by atoms with Gasteiger partial charge in [0.2, 0.25) is 0 Å². The number of piperidine rings is 1. The molecule has 0 amide bonds. The molecule has 5 rings (SSSR count). The molecule has 0 N–H and O–H groups in total. The molecule has 1 unspecified atom stereocenters. The smallest absolute Gasteiger partial charge is 0.255 e. The molecule has 0 radical (unpaired) electrons. The molecule has 1 aliphatic heterocycles. The summed E-state index contributed by atoms with van der Waals surface area (Å²) < 4.78 is 17.6. The average molecular weight is 446 g/mol. The van der Waals surface area contributed by atoms with E-state index in [1.807, 2.05) is 35.9 Å². The van der Waals surface area contributed by atoms with E-state index >= 15 is 0 Å². The summed E-state index contributed by atoms with van der Waals surface area (Å²) in [6.45, 7) is 4.77. The number of nitrogens with zero attached hydrogens (tertiary/aromatic N) is 5. The summed E-state index contributed by atoms with van der Waals surface area (Å²) in [7, 11) is 1.98. The van der Waals surface area contributed by atoms with Gasteiger partial charge in [-0.15, -0.1) is 10.2 Å². The van der Waals surface area contributed by atoms with E-state index in [-0.39, 0.29) is 11.4 Å². The molecule has 0 saturated carbocycles. The first-order chi connectivity index (χ1) is 16.0. The van der Waals surface area contributed by atoms with Gasteiger partial charge in [0.1, 0.15) is 18.0 Å². The Morgan fingerprint density at radius 2 is 2.00 bits per heavy atom. The summed E-state index contributed by atoms with van der Waals surface area (Å²) in [5.74, 6) is 1.01. The van der Waals surface area contributed by atoms with Crippen LogP contribution in [0.1, 0.15) is 41.3 Å². The van der Waals surface area contributed by atoms with Crippen LogP contribution >= 0.6 is 0 Å². The maximum absolute atomic E-state index is 13.8. The van der Waals surface area contributed by atoms with Crippen LogP contribution in [0.4, 0.5) is 4.39 Å². The number of halogens is 1. The van der Waals surface area contributed by atoms with Crippen LogP contribution in [0.5, 0.6) is 0 Å². The van der Waals surface area contributed by atoms with Crippen LogP contribution in [0, 0.1) is 12.7 Å². The second-order valence-corrected chi connectivity index (χ2v) is 9.13. The molecular weight excluding hydrogens is 417 g/mol. The zero-order chi connectivity index (χ0) is 22.9. The van der Waals surface area contributed by atoms with Gasteiger partial charge < -0.3 is 9.13 Å². The molecule has 0 spiro atoms. The Morgan fingerprint density at radius 1 is 1.12 bits per heavy atom. The fraction of sp³-hybridized carbons (Fsp3) is 0.346. The predicted molar refractivity (Wildman–Crippen MR) is 127 cm³/mol. The SMILES string of the molecule is Cc1ccc2c(c1)cc(CN1CCCC(c3nncn3C)C1)c(=O)n2Cc1cccc(F)c1. The Hall–Kier alpha value is -3.32. The fourth-order valence-electron chi connectivity index (χ4n) is 4.97. The van der Waals surface area contributed by atoms with Crippen LogP contribution in [0.2, 0.25) is 0 Å². The largest absolute Gasteiger partial charge is 0.320 e. The summed E-state index contributed by atoms with van der Waals surface area (Å²) in [6, 6.07) is 14.6. The van der Waals surface area contributed by atoms with Gasteiger partial charge in [0.05, 0.1) is 12.1 Å². The Bertz CT molecular complexity index is 1360. The summed E-state index contributed by atoms with van der Waals surface area (Å²) >= 11 is 0. The van der Waals surface area contributed by atoms with Crippen molar-refractivity contribution in [3.63, 3.8) is 0 Å². The zero-order valence-corrected chi connectivity index (χ0v) is 19.0. The molecule has 33 heavy (non-hydrogen) atoms. The number of rotatable bonds is 5. The van der Waals surface area contributed by atoms with E-state index in [9.17, 15) is 9.18 Å². The molecular formula is C26H28FN5O. The predicted octanol–water partition coefficient (Wildman–Crippen LogP) is 4.01.